The number of ketones is 1. The number of aldehydes is 1. The van der Waals surface area contributed by atoms with E-state index in [9.17, 15) is 27.2 Å². The monoisotopic (exact) mass is 438 g/mol. The minimum absolute atomic E-state index is 0.00330. The highest BCUT2D eigenvalue weighted by Gasteiger charge is 2.35. The Kier molecular flexibility index (Phi) is 6.36. The Hall–Kier alpha value is -3.00. The first-order valence-electron chi connectivity index (χ1n) is 8.85. The van der Waals surface area contributed by atoms with Crippen LogP contribution in [0.25, 0.3) is 5.69 Å². The van der Waals surface area contributed by atoms with Crippen molar-refractivity contribution in [3.8, 4) is 5.69 Å². The molecule has 0 amide bonds. The molecule has 3 rings (SSSR count). The van der Waals surface area contributed by atoms with Crippen LogP contribution in [0.15, 0.2) is 48.5 Å². The summed E-state index contributed by atoms with van der Waals surface area (Å²) >= 11 is 5.93. The molecule has 0 aliphatic heterocycles. The van der Waals surface area contributed by atoms with E-state index in [-0.39, 0.29) is 36.3 Å². The third-order valence-corrected chi connectivity index (χ3v) is 4.61. The first-order chi connectivity index (χ1) is 14.2. The molecule has 0 radical (unpaired) electrons. The van der Waals surface area contributed by atoms with Crippen LogP contribution in [0.1, 0.15) is 33.7 Å². The maximum absolute atomic E-state index is 13.7. The standard InChI is InChI=1S/C21H15ClF4N2O2/c22-15-2-1-3-16(10-15)28-17(11-20(27-28)21(24,25)26)6-7-18(30)8-13-4-5-14(12-29)19(23)9-13/h1-5,9-12H,6-8H2. The minimum atomic E-state index is -4.64. The lowest BCUT2D eigenvalue weighted by Crippen LogP contribution is -2.09. The van der Waals surface area contributed by atoms with E-state index in [1.807, 2.05) is 0 Å². The van der Waals surface area contributed by atoms with Gasteiger partial charge in [-0.2, -0.15) is 18.3 Å². The van der Waals surface area contributed by atoms with Crippen molar-refractivity contribution >= 4 is 23.7 Å². The molecular formula is C21H15ClF4N2O2. The van der Waals surface area contributed by atoms with Crippen LogP contribution in [0.3, 0.4) is 0 Å². The number of aryl methyl sites for hydroxylation is 1. The molecule has 0 bridgehead atoms. The zero-order valence-electron chi connectivity index (χ0n) is 15.4. The number of halogens is 5. The van der Waals surface area contributed by atoms with Crippen LogP contribution in [0.5, 0.6) is 0 Å². The van der Waals surface area contributed by atoms with E-state index >= 15 is 0 Å². The van der Waals surface area contributed by atoms with Gasteiger partial charge in [0, 0.05) is 23.6 Å². The van der Waals surface area contributed by atoms with E-state index < -0.39 is 17.7 Å². The van der Waals surface area contributed by atoms with Gasteiger partial charge in [0.05, 0.1) is 11.3 Å². The van der Waals surface area contributed by atoms with Gasteiger partial charge < -0.3 is 0 Å². The van der Waals surface area contributed by atoms with Gasteiger partial charge in [0.25, 0.3) is 0 Å². The highest BCUT2D eigenvalue weighted by atomic mass is 35.5. The summed E-state index contributed by atoms with van der Waals surface area (Å²) < 4.78 is 54.2. The zero-order valence-corrected chi connectivity index (χ0v) is 16.2. The first-order valence-corrected chi connectivity index (χ1v) is 9.22. The second kappa shape index (κ2) is 8.79. The van der Waals surface area contributed by atoms with Crippen LogP contribution < -0.4 is 0 Å². The van der Waals surface area contributed by atoms with Crippen molar-refractivity contribution < 1.29 is 27.2 Å². The lowest BCUT2D eigenvalue weighted by molar-refractivity contribution is -0.141. The van der Waals surface area contributed by atoms with Crippen molar-refractivity contribution in [2.75, 3.05) is 0 Å². The fraction of sp³-hybridized carbons (Fsp3) is 0.190. The SMILES string of the molecule is O=Cc1ccc(CC(=O)CCc2cc(C(F)(F)F)nn2-c2cccc(Cl)c2)cc1F. The third-order valence-electron chi connectivity index (χ3n) is 4.38. The molecule has 0 aliphatic rings. The zero-order chi connectivity index (χ0) is 21.9. The molecule has 1 heterocycles. The first kappa shape index (κ1) is 21.7. The summed E-state index contributed by atoms with van der Waals surface area (Å²) in [5, 5.41) is 3.96. The van der Waals surface area contributed by atoms with Gasteiger partial charge in [-0.05, 0) is 48.4 Å². The Labute approximate surface area is 174 Å². The number of hydrogen-bond donors (Lipinski definition) is 0. The number of nitrogens with zero attached hydrogens (tertiary/aromatic N) is 2. The lowest BCUT2D eigenvalue weighted by Gasteiger charge is -2.08. The van der Waals surface area contributed by atoms with Gasteiger partial charge in [-0.1, -0.05) is 23.7 Å². The van der Waals surface area contributed by atoms with Crippen molar-refractivity contribution in [2.24, 2.45) is 0 Å². The molecule has 2 aromatic carbocycles. The van der Waals surface area contributed by atoms with E-state index in [2.05, 4.69) is 5.10 Å². The molecule has 0 spiro atoms. The Bertz CT molecular complexity index is 1090. The average Bonchev–Trinajstić information content (AvgIpc) is 3.11. The average molecular weight is 439 g/mol. The summed E-state index contributed by atoms with van der Waals surface area (Å²) in [5.41, 5.74) is -0.275. The van der Waals surface area contributed by atoms with Crippen LogP contribution in [0, 0.1) is 5.82 Å². The largest absolute Gasteiger partial charge is 0.435 e. The van der Waals surface area contributed by atoms with Crippen LogP contribution in [-0.4, -0.2) is 21.8 Å². The van der Waals surface area contributed by atoms with Gasteiger partial charge >= 0.3 is 6.18 Å². The van der Waals surface area contributed by atoms with Crippen molar-refractivity contribution in [1.82, 2.24) is 9.78 Å². The summed E-state index contributed by atoms with van der Waals surface area (Å²) in [4.78, 5) is 23.0. The number of benzene rings is 2. The molecule has 1 aromatic heterocycles. The Morgan fingerprint density at radius 2 is 1.90 bits per heavy atom. The topological polar surface area (TPSA) is 52.0 Å². The molecular weight excluding hydrogens is 424 g/mol. The molecule has 0 saturated heterocycles. The van der Waals surface area contributed by atoms with E-state index in [0.717, 1.165) is 16.8 Å². The van der Waals surface area contributed by atoms with Crippen LogP contribution >= 0.6 is 11.6 Å². The molecule has 3 aromatic rings. The fourth-order valence-corrected chi connectivity index (χ4v) is 3.11. The van der Waals surface area contributed by atoms with Gasteiger partial charge in [0.15, 0.2) is 12.0 Å². The van der Waals surface area contributed by atoms with E-state index in [4.69, 9.17) is 11.6 Å². The minimum Gasteiger partial charge on any atom is -0.299 e. The second-order valence-electron chi connectivity index (χ2n) is 6.60. The second-order valence-corrected chi connectivity index (χ2v) is 7.04. The molecule has 0 fully saturated rings. The predicted octanol–water partition coefficient (Wildman–Crippen LogP) is 5.24. The van der Waals surface area contributed by atoms with Gasteiger partial charge in [-0.25, -0.2) is 9.07 Å². The molecule has 0 aliphatic carbocycles. The van der Waals surface area contributed by atoms with Crippen molar-refractivity contribution in [1.29, 1.82) is 0 Å². The molecule has 0 N–H and O–H groups in total. The van der Waals surface area contributed by atoms with Crippen molar-refractivity contribution in [2.45, 2.75) is 25.4 Å². The number of Topliss-reactive ketones (excluding diaryl/α,β-unsaturated/α-hetero) is 1. The fourth-order valence-electron chi connectivity index (χ4n) is 2.93. The molecule has 30 heavy (non-hydrogen) atoms. The van der Waals surface area contributed by atoms with E-state index in [0.29, 0.717) is 22.6 Å². The summed E-state index contributed by atoms with van der Waals surface area (Å²) in [5.74, 6) is -1.02. The Morgan fingerprint density at radius 1 is 1.13 bits per heavy atom. The number of aromatic nitrogens is 2. The lowest BCUT2D eigenvalue weighted by atomic mass is 10.0. The third kappa shape index (κ3) is 5.13. The normalized spacial score (nSPS) is 11.5. The summed E-state index contributed by atoms with van der Waals surface area (Å²) in [7, 11) is 0. The van der Waals surface area contributed by atoms with E-state index in [1.165, 1.54) is 18.2 Å². The number of hydrogen-bond acceptors (Lipinski definition) is 3. The van der Waals surface area contributed by atoms with Crippen molar-refractivity contribution in [3.05, 3.63) is 81.9 Å². The smallest absolute Gasteiger partial charge is 0.299 e. The number of rotatable bonds is 7. The van der Waals surface area contributed by atoms with Gasteiger partial charge in [-0.15, -0.1) is 0 Å². The summed E-state index contributed by atoms with van der Waals surface area (Å²) in [6.45, 7) is 0. The van der Waals surface area contributed by atoms with Gasteiger partial charge in [-0.3, -0.25) is 9.59 Å². The van der Waals surface area contributed by atoms with Gasteiger partial charge in [0.2, 0.25) is 0 Å². The van der Waals surface area contributed by atoms with Gasteiger partial charge in [0.1, 0.15) is 11.6 Å². The maximum atomic E-state index is 13.7. The van der Waals surface area contributed by atoms with Crippen LogP contribution in [0.4, 0.5) is 17.6 Å². The summed E-state index contributed by atoms with van der Waals surface area (Å²) in [6.07, 6.45) is -4.44. The molecule has 156 valence electrons. The van der Waals surface area contributed by atoms with Crippen LogP contribution in [-0.2, 0) is 23.8 Å². The summed E-state index contributed by atoms with van der Waals surface area (Å²) in [6, 6.07) is 10.9. The van der Waals surface area contributed by atoms with E-state index in [1.54, 1.807) is 18.2 Å². The Morgan fingerprint density at radius 3 is 2.53 bits per heavy atom. The number of alkyl halides is 3. The van der Waals surface area contributed by atoms with Crippen LogP contribution in [0.2, 0.25) is 5.02 Å². The Balaban J connectivity index is 1.78. The molecule has 0 unspecified atom stereocenters. The number of carbonyl (C=O) groups excluding carboxylic acids is 2. The van der Waals surface area contributed by atoms with Crippen molar-refractivity contribution in [3.63, 3.8) is 0 Å². The predicted molar refractivity (Wildman–Crippen MR) is 102 cm³/mol. The highest BCUT2D eigenvalue weighted by Crippen LogP contribution is 2.30. The molecule has 0 saturated carbocycles. The highest BCUT2D eigenvalue weighted by molar-refractivity contribution is 6.30. The molecule has 9 heteroatoms. The molecule has 4 nitrogen and oxygen atoms in total. The quantitative estimate of drug-likeness (QED) is 0.374. The maximum Gasteiger partial charge on any atom is 0.435 e. The molecule has 0 atom stereocenters. The number of carbonyl (C=O) groups is 2.